The van der Waals surface area contributed by atoms with Crippen molar-refractivity contribution in [3.63, 3.8) is 0 Å². The minimum atomic E-state index is -3.49. The number of anilines is 1. The molecule has 0 saturated carbocycles. The molecule has 2 N–H and O–H groups in total. The molecule has 0 saturated heterocycles. The lowest BCUT2D eigenvalue weighted by molar-refractivity contribution is -0.385. The summed E-state index contributed by atoms with van der Waals surface area (Å²) in [6.07, 6.45) is 0. The number of hydrogen-bond acceptors (Lipinski definition) is 5. The Morgan fingerprint density at radius 1 is 1.24 bits per heavy atom. The van der Waals surface area contributed by atoms with E-state index in [0.717, 1.165) is 0 Å². The Kier molecular flexibility index (Phi) is 5.68. The fourth-order valence-electron chi connectivity index (χ4n) is 1.81. The van der Waals surface area contributed by atoms with Gasteiger partial charge in [-0.25, -0.2) is 8.42 Å². The van der Waals surface area contributed by atoms with Gasteiger partial charge in [-0.05, 0) is 25.5 Å². The molecule has 0 bridgehead atoms. The first-order valence-electron chi connectivity index (χ1n) is 6.62. The first-order valence-corrected chi connectivity index (χ1v) is 8.27. The van der Waals surface area contributed by atoms with Gasteiger partial charge in [-0.15, -0.1) is 0 Å². The summed E-state index contributed by atoms with van der Waals surface area (Å²) in [6.45, 7) is 7.43. The Morgan fingerprint density at radius 3 is 2.38 bits per heavy atom. The van der Waals surface area contributed by atoms with Gasteiger partial charge in [0.2, 0.25) is 10.0 Å². The molecule has 0 aliphatic rings. The highest BCUT2D eigenvalue weighted by Gasteiger charge is 2.17. The Morgan fingerprint density at radius 2 is 1.86 bits per heavy atom. The molecular formula is C13H21N3O4S. The molecule has 21 heavy (non-hydrogen) atoms. The number of nitrogens with one attached hydrogen (secondary N) is 2. The van der Waals surface area contributed by atoms with Gasteiger partial charge in [0.1, 0.15) is 0 Å². The highest BCUT2D eigenvalue weighted by atomic mass is 32.2. The minimum Gasteiger partial charge on any atom is -0.313 e. The van der Waals surface area contributed by atoms with Crippen LogP contribution in [-0.4, -0.2) is 31.7 Å². The third-order valence-electron chi connectivity index (χ3n) is 2.93. The molecule has 7 nitrogen and oxygen atoms in total. The third-order valence-corrected chi connectivity index (χ3v) is 4.20. The predicted molar refractivity (Wildman–Crippen MR) is 83.1 cm³/mol. The smallest absolute Gasteiger partial charge is 0.272 e. The number of nitrogens with zero attached hydrogens (tertiary/aromatic N) is 1. The molecule has 118 valence electrons. The lowest BCUT2D eigenvalue weighted by Gasteiger charge is -2.13. The van der Waals surface area contributed by atoms with Crippen LogP contribution in [0.1, 0.15) is 25.0 Å². The van der Waals surface area contributed by atoms with Crippen LogP contribution >= 0.6 is 0 Å². The predicted octanol–water partition coefficient (Wildman–Crippen LogP) is 1.95. The van der Waals surface area contributed by atoms with Crippen molar-refractivity contribution in [2.45, 2.75) is 33.7 Å². The lowest BCUT2D eigenvalue weighted by Crippen LogP contribution is -2.31. The van der Waals surface area contributed by atoms with Crippen molar-refractivity contribution < 1.29 is 13.3 Å². The summed E-state index contributed by atoms with van der Waals surface area (Å²) in [5, 5.41) is 13.9. The first-order chi connectivity index (χ1) is 9.62. The molecule has 0 spiro atoms. The molecule has 1 rings (SSSR count). The summed E-state index contributed by atoms with van der Waals surface area (Å²) in [6, 6.07) is 3.07. The number of hydrogen-bond donors (Lipinski definition) is 2. The van der Waals surface area contributed by atoms with Crippen LogP contribution in [0.15, 0.2) is 12.1 Å². The van der Waals surface area contributed by atoms with Crippen LogP contribution in [0.5, 0.6) is 0 Å². The maximum Gasteiger partial charge on any atom is 0.272 e. The average Bonchev–Trinajstić information content (AvgIpc) is 2.31. The van der Waals surface area contributed by atoms with Crippen molar-refractivity contribution in [2.24, 2.45) is 0 Å². The fraction of sp³-hybridized carbons (Fsp3) is 0.538. The third kappa shape index (κ3) is 5.31. The van der Waals surface area contributed by atoms with E-state index in [4.69, 9.17) is 0 Å². The normalized spacial score (nSPS) is 11.7. The van der Waals surface area contributed by atoms with Gasteiger partial charge < -0.3 is 5.32 Å². The van der Waals surface area contributed by atoms with Crippen molar-refractivity contribution in [1.82, 2.24) is 5.32 Å². The molecule has 0 amide bonds. The lowest BCUT2D eigenvalue weighted by atomic mass is 10.1. The van der Waals surface area contributed by atoms with Crippen LogP contribution in [0.25, 0.3) is 0 Å². The van der Waals surface area contributed by atoms with Crippen molar-refractivity contribution in [1.29, 1.82) is 0 Å². The second-order valence-electron chi connectivity index (χ2n) is 5.24. The number of nitro benzene ring substituents is 1. The van der Waals surface area contributed by atoms with E-state index in [2.05, 4.69) is 10.0 Å². The minimum absolute atomic E-state index is 0.0167. The molecule has 0 heterocycles. The number of benzene rings is 1. The van der Waals surface area contributed by atoms with E-state index >= 15 is 0 Å². The van der Waals surface area contributed by atoms with E-state index in [9.17, 15) is 18.5 Å². The van der Waals surface area contributed by atoms with Crippen LogP contribution in [0, 0.1) is 24.0 Å². The summed E-state index contributed by atoms with van der Waals surface area (Å²) in [7, 11) is -3.49. The summed E-state index contributed by atoms with van der Waals surface area (Å²) < 4.78 is 26.4. The summed E-state index contributed by atoms with van der Waals surface area (Å²) in [5.41, 5.74) is 1.30. The second-order valence-corrected chi connectivity index (χ2v) is 7.08. The van der Waals surface area contributed by atoms with E-state index in [1.807, 2.05) is 13.8 Å². The Labute approximate surface area is 124 Å². The van der Waals surface area contributed by atoms with Crippen molar-refractivity contribution in [2.75, 3.05) is 17.0 Å². The zero-order valence-corrected chi connectivity index (χ0v) is 13.5. The van der Waals surface area contributed by atoms with Gasteiger partial charge in [0, 0.05) is 24.2 Å². The van der Waals surface area contributed by atoms with Gasteiger partial charge in [0.05, 0.1) is 16.4 Å². The van der Waals surface area contributed by atoms with E-state index < -0.39 is 14.9 Å². The molecule has 0 radical (unpaired) electrons. The second kappa shape index (κ2) is 6.86. The maximum absolute atomic E-state index is 12.0. The number of sulfonamides is 1. The summed E-state index contributed by atoms with van der Waals surface area (Å²) >= 11 is 0. The van der Waals surface area contributed by atoms with Gasteiger partial charge in [0.25, 0.3) is 5.69 Å². The molecule has 0 unspecified atom stereocenters. The first kappa shape index (κ1) is 17.4. The van der Waals surface area contributed by atoms with Crippen molar-refractivity contribution >= 4 is 21.4 Å². The Balaban J connectivity index is 2.88. The molecule has 1 aromatic carbocycles. The highest BCUT2D eigenvalue weighted by Crippen LogP contribution is 2.26. The number of nitro groups is 1. The van der Waals surface area contributed by atoms with Crippen LogP contribution in [0.4, 0.5) is 11.4 Å². The van der Waals surface area contributed by atoms with Gasteiger partial charge in [-0.3, -0.25) is 14.8 Å². The van der Waals surface area contributed by atoms with Crippen LogP contribution in [0.3, 0.4) is 0 Å². The standard InChI is InChI=1S/C13H21N3O4S/c1-9(2)14-5-6-21(19,20)15-12-7-11(4)13(16(17)18)8-10(12)3/h7-9,14-15H,5-6H2,1-4H3. The van der Waals surface area contributed by atoms with Crippen molar-refractivity contribution in [3.8, 4) is 0 Å². The molecule has 0 aromatic heterocycles. The van der Waals surface area contributed by atoms with Crippen LogP contribution in [-0.2, 0) is 10.0 Å². The van der Waals surface area contributed by atoms with E-state index in [-0.39, 0.29) is 17.5 Å². The largest absolute Gasteiger partial charge is 0.313 e. The summed E-state index contributed by atoms with van der Waals surface area (Å²) in [5.74, 6) is -0.0549. The van der Waals surface area contributed by atoms with Gasteiger partial charge in [-0.2, -0.15) is 0 Å². The number of aryl methyl sites for hydroxylation is 2. The van der Waals surface area contributed by atoms with E-state index in [0.29, 0.717) is 23.4 Å². The maximum atomic E-state index is 12.0. The quantitative estimate of drug-likeness (QED) is 0.591. The molecular weight excluding hydrogens is 294 g/mol. The van der Waals surface area contributed by atoms with Crippen LogP contribution < -0.4 is 10.0 Å². The fourth-order valence-corrected chi connectivity index (χ4v) is 2.85. The molecule has 8 heteroatoms. The molecule has 0 aliphatic carbocycles. The molecule has 0 atom stereocenters. The van der Waals surface area contributed by atoms with Crippen molar-refractivity contribution in [3.05, 3.63) is 33.4 Å². The van der Waals surface area contributed by atoms with Gasteiger partial charge >= 0.3 is 0 Å². The monoisotopic (exact) mass is 315 g/mol. The van der Waals surface area contributed by atoms with E-state index in [1.54, 1.807) is 13.8 Å². The molecule has 1 aromatic rings. The SMILES string of the molecule is Cc1cc([N+](=O)[O-])c(C)cc1NS(=O)(=O)CCNC(C)C. The zero-order valence-electron chi connectivity index (χ0n) is 12.6. The average molecular weight is 315 g/mol. The zero-order chi connectivity index (χ0) is 16.2. The Hall–Kier alpha value is -1.67. The Bertz CT molecular complexity index is 627. The summed E-state index contributed by atoms with van der Waals surface area (Å²) in [4.78, 5) is 10.4. The molecule has 0 aliphatic heterocycles. The van der Waals surface area contributed by atoms with Gasteiger partial charge in [-0.1, -0.05) is 13.8 Å². The molecule has 0 fully saturated rings. The number of rotatable bonds is 7. The van der Waals surface area contributed by atoms with Gasteiger partial charge in [0.15, 0.2) is 0 Å². The van der Waals surface area contributed by atoms with Crippen LogP contribution in [0.2, 0.25) is 0 Å². The topological polar surface area (TPSA) is 101 Å². The highest BCUT2D eigenvalue weighted by molar-refractivity contribution is 7.92. The van der Waals surface area contributed by atoms with E-state index in [1.165, 1.54) is 12.1 Å².